The number of hydrogen-bond acceptors (Lipinski definition) is 5. The van der Waals surface area contributed by atoms with Crippen LogP contribution in [0.25, 0.3) is 11.3 Å². The van der Waals surface area contributed by atoms with Crippen LogP contribution in [0.1, 0.15) is 18.7 Å². The Morgan fingerprint density at radius 1 is 1.39 bits per heavy atom. The number of ether oxygens (including phenoxy) is 1. The molecule has 2 aromatic carbocycles. The Bertz CT molecular complexity index is 1240. The van der Waals surface area contributed by atoms with E-state index < -0.39 is 6.17 Å². The highest BCUT2D eigenvalue weighted by atomic mass is 79.9. The van der Waals surface area contributed by atoms with Crippen molar-refractivity contribution in [3.63, 3.8) is 0 Å². The zero-order valence-corrected chi connectivity index (χ0v) is 19.4. The van der Waals surface area contributed by atoms with Gasteiger partial charge in [0.2, 0.25) is 11.1 Å². The number of aromatic nitrogens is 3. The van der Waals surface area contributed by atoms with E-state index in [4.69, 9.17) is 9.84 Å². The summed E-state index contributed by atoms with van der Waals surface area (Å²) in [6.07, 6.45) is 1.10. The van der Waals surface area contributed by atoms with E-state index in [-0.39, 0.29) is 11.5 Å². The molecule has 9 heteroatoms. The minimum atomic E-state index is -0.644. The lowest BCUT2D eigenvalue weighted by atomic mass is 10.0. The molecule has 0 bridgehead atoms. The molecule has 1 amide bonds. The van der Waals surface area contributed by atoms with Crippen LogP contribution < -0.4 is 19.9 Å². The number of amides is 1. The van der Waals surface area contributed by atoms with Gasteiger partial charge in [-0.3, -0.25) is 14.6 Å². The molecule has 1 aliphatic rings. The number of methoxy groups -OCH3 is 1. The summed E-state index contributed by atoms with van der Waals surface area (Å²) < 4.78 is 7.72. The van der Waals surface area contributed by atoms with Crippen molar-refractivity contribution < 1.29 is 14.2 Å². The van der Waals surface area contributed by atoms with Gasteiger partial charge in [-0.15, -0.1) is 6.58 Å². The van der Waals surface area contributed by atoms with Gasteiger partial charge < -0.3 is 4.74 Å². The number of rotatable bonds is 5. The average molecular weight is 500 g/mol. The molecule has 0 saturated heterocycles. The smallest absolute Gasteiger partial charge is 0.325 e. The van der Waals surface area contributed by atoms with Crippen molar-refractivity contribution in [2.75, 3.05) is 17.8 Å². The van der Waals surface area contributed by atoms with Gasteiger partial charge in [-0.1, -0.05) is 30.0 Å². The fraction of sp³-hybridized carbons (Fsp3) is 0.182. The van der Waals surface area contributed by atoms with Gasteiger partial charge in [0.1, 0.15) is 5.75 Å². The van der Waals surface area contributed by atoms with Gasteiger partial charge in [0.25, 0.3) is 6.17 Å². The molecule has 2 heterocycles. The SMILES string of the molecule is C=CCSc1n[n+]2c(c(=O)[nH]1)-c1ccccc1N(C(C)=O)C2c1ccc(OC)c(Br)c1. The number of H-pyrrole nitrogens is 1. The number of carbonyl (C=O) groups is 1. The quantitative estimate of drug-likeness (QED) is 0.329. The molecule has 0 aliphatic carbocycles. The summed E-state index contributed by atoms with van der Waals surface area (Å²) in [4.78, 5) is 30.5. The minimum absolute atomic E-state index is 0.162. The molecule has 0 radical (unpaired) electrons. The third-order valence-electron chi connectivity index (χ3n) is 4.91. The van der Waals surface area contributed by atoms with E-state index in [0.29, 0.717) is 33.6 Å². The summed E-state index contributed by atoms with van der Waals surface area (Å²) >= 11 is 4.89. The first-order valence-corrected chi connectivity index (χ1v) is 11.3. The molecule has 3 aromatic rings. The summed E-state index contributed by atoms with van der Waals surface area (Å²) in [5, 5.41) is 5.16. The second-order valence-corrected chi connectivity index (χ2v) is 8.69. The van der Waals surface area contributed by atoms with Crippen LogP contribution in [0.5, 0.6) is 5.75 Å². The number of fused-ring (bicyclic) bond motifs is 3. The van der Waals surface area contributed by atoms with Crippen molar-refractivity contribution >= 4 is 39.3 Å². The molecular weight excluding hydrogens is 480 g/mol. The van der Waals surface area contributed by atoms with E-state index in [9.17, 15) is 9.59 Å². The van der Waals surface area contributed by atoms with E-state index in [0.717, 1.165) is 10.0 Å². The highest BCUT2D eigenvalue weighted by molar-refractivity contribution is 9.10. The maximum atomic E-state index is 13.1. The van der Waals surface area contributed by atoms with Crippen LogP contribution in [-0.2, 0) is 4.79 Å². The average Bonchev–Trinajstić information content (AvgIpc) is 2.76. The zero-order chi connectivity index (χ0) is 22.1. The summed E-state index contributed by atoms with van der Waals surface area (Å²) in [6, 6.07) is 12.9. The second kappa shape index (κ2) is 8.68. The molecule has 7 nitrogen and oxygen atoms in total. The van der Waals surface area contributed by atoms with Crippen LogP contribution in [0.2, 0.25) is 0 Å². The molecule has 1 N–H and O–H groups in total. The number of aromatic amines is 1. The first kappa shape index (κ1) is 21.3. The minimum Gasteiger partial charge on any atom is -0.496 e. The number of benzene rings is 2. The normalized spacial score (nSPS) is 14.5. The van der Waals surface area contributed by atoms with E-state index in [1.165, 1.54) is 18.7 Å². The van der Waals surface area contributed by atoms with Gasteiger partial charge in [0.15, 0.2) is 0 Å². The van der Waals surface area contributed by atoms with Crippen LogP contribution in [-0.4, -0.2) is 28.9 Å². The number of nitrogens with zero attached hydrogens (tertiary/aromatic N) is 3. The van der Waals surface area contributed by atoms with Crippen LogP contribution in [0.3, 0.4) is 0 Å². The summed E-state index contributed by atoms with van der Waals surface area (Å²) in [7, 11) is 1.59. The van der Waals surface area contributed by atoms with E-state index in [2.05, 4.69) is 27.5 Å². The van der Waals surface area contributed by atoms with Gasteiger partial charge in [0.05, 0.1) is 22.8 Å². The highest BCUT2D eigenvalue weighted by Gasteiger charge is 2.44. The third-order valence-corrected chi connectivity index (χ3v) is 6.39. The number of hydrogen-bond donors (Lipinski definition) is 1. The lowest BCUT2D eigenvalue weighted by Gasteiger charge is -2.31. The van der Waals surface area contributed by atoms with Crippen molar-refractivity contribution in [3.8, 4) is 17.0 Å². The second-order valence-electron chi connectivity index (χ2n) is 6.83. The zero-order valence-electron chi connectivity index (χ0n) is 17.0. The van der Waals surface area contributed by atoms with E-state index in [1.807, 2.05) is 42.5 Å². The largest absolute Gasteiger partial charge is 0.496 e. The fourth-order valence-corrected chi connectivity index (χ4v) is 4.80. The molecule has 1 unspecified atom stereocenters. The predicted molar refractivity (Wildman–Crippen MR) is 123 cm³/mol. The molecule has 0 fully saturated rings. The molecule has 31 heavy (non-hydrogen) atoms. The van der Waals surface area contributed by atoms with Gasteiger partial charge in [-0.05, 0) is 50.9 Å². The standard InChI is InChI=1S/C22H19BrN4O3S/c1-4-11-31-22-24-20(29)19-15-7-5-6-8-17(15)26(13(2)28)21(27(19)25-22)14-9-10-18(30-3)16(23)12-14/h4-10,12,21H,1,11H2,2-3H3/p+1. The topological polar surface area (TPSA) is 79.2 Å². The predicted octanol–water partition coefficient (Wildman–Crippen LogP) is 3.69. The fourth-order valence-electron chi connectivity index (χ4n) is 3.66. The van der Waals surface area contributed by atoms with Crippen molar-refractivity contribution in [1.82, 2.24) is 10.1 Å². The van der Waals surface area contributed by atoms with Crippen LogP contribution in [0.4, 0.5) is 5.69 Å². The Labute approximate surface area is 191 Å². The Morgan fingerprint density at radius 2 is 2.16 bits per heavy atom. The van der Waals surface area contributed by atoms with E-state index >= 15 is 0 Å². The third kappa shape index (κ3) is 3.79. The lowest BCUT2D eigenvalue weighted by molar-refractivity contribution is -0.763. The Balaban J connectivity index is 2.02. The monoisotopic (exact) mass is 499 g/mol. The molecule has 158 valence electrons. The van der Waals surface area contributed by atoms with Crippen LogP contribution in [0, 0.1) is 0 Å². The van der Waals surface area contributed by atoms with Gasteiger partial charge in [0, 0.05) is 23.3 Å². The maximum Gasteiger partial charge on any atom is 0.325 e. The summed E-state index contributed by atoms with van der Waals surface area (Å²) in [5.41, 5.74) is 2.21. The van der Waals surface area contributed by atoms with Crippen molar-refractivity contribution in [3.05, 3.63) is 75.5 Å². The number of nitrogens with one attached hydrogen (secondary N) is 1. The molecule has 0 spiro atoms. The summed E-state index contributed by atoms with van der Waals surface area (Å²) in [6.45, 7) is 5.23. The van der Waals surface area contributed by atoms with Crippen molar-refractivity contribution in [2.45, 2.75) is 18.2 Å². The van der Waals surface area contributed by atoms with Crippen molar-refractivity contribution in [1.29, 1.82) is 0 Å². The molecule has 4 rings (SSSR count). The molecule has 0 saturated carbocycles. The Kier molecular flexibility index (Phi) is 5.97. The number of anilines is 1. The van der Waals surface area contributed by atoms with E-state index in [1.54, 1.807) is 22.8 Å². The highest BCUT2D eigenvalue weighted by Crippen LogP contribution is 2.38. The van der Waals surface area contributed by atoms with Crippen molar-refractivity contribution in [2.24, 2.45) is 0 Å². The number of para-hydroxylation sites is 1. The first-order valence-electron chi connectivity index (χ1n) is 9.48. The summed E-state index contributed by atoms with van der Waals surface area (Å²) in [5.74, 6) is 1.10. The Hall–Kier alpha value is -2.91. The molecule has 1 atom stereocenters. The molecular formula is C22H20BrN4O3S+. The van der Waals surface area contributed by atoms with Crippen LogP contribution >= 0.6 is 27.7 Å². The maximum absolute atomic E-state index is 13.1. The first-order chi connectivity index (χ1) is 15.0. The Morgan fingerprint density at radius 3 is 2.84 bits per heavy atom. The van der Waals surface area contributed by atoms with Crippen LogP contribution in [0.15, 0.2) is 69.5 Å². The lowest BCUT2D eigenvalue weighted by Crippen LogP contribution is -2.60. The number of halogens is 1. The number of thioether (sulfide) groups is 1. The molecule has 1 aliphatic heterocycles. The number of carbonyl (C=O) groups excluding carboxylic acids is 1. The van der Waals surface area contributed by atoms with Gasteiger partial charge in [-0.2, -0.15) is 0 Å². The van der Waals surface area contributed by atoms with Gasteiger partial charge in [-0.25, -0.2) is 4.90 Å². The van der Waals surface area contributed by atoms with Gasteiger partial charge >= 0.3 is 11.3 Å². The molecule has 1 aromatic heterocycles.